The summed E-state index contributed by atoms with van der Waals surface area (Å²) < 4.78 is 3.00. The van der Waals surface area contributed by atoms with Crippen LogP contribution in [0.25, 0.3) is 34.4 Å². The number of carbonyl (C=O) groups is 1. The highest BCUT2D eigenvalue weighted by molar-refractivity contribution is 6.04. The Labute approximate surface area is 229 Å². The molecule has 0 spiro atoms. The van der Waals surface area contributed by atoms with Crippen LogP contribution in [0.5, 0.6) is 0 Å². The molecule has 6 rings (SSSR count). The van der Waals surface area contributed by atoms with Gasteiger partial charge in [-0.2, -0.15) is 0 Å². The molecule has 6 aromatic rings. The second-order valence-corrected chi connectivity index (χ2v) is 9.27. The van der Waals surface area contributed by atoms with E-state index in [4.69, 9.17) is 10.7 Å². The number of carbonyl (C=O) groups excluding carboxylic acids is 1. The number of nitrogen functional groups attached to an aromatic ring is 1. The third kappa shape index (κ3) is 4.49. The number of hydrogen-bond acceptors (Lipinski definition) is 6. The molecule has 3 N–H and O–H groups in total. The Morgan fingerprint density at radius 1 is 0.950 bits per heavy atom. The normalized spacial score (nSPS) is 12.2. The van der Waals surface area contributed by atoms with E-state index in [1.54, 1.807) is 36.0 Å². The lowest BCUT2D eigenvalue weighted by atomic mass is 10.1. The largest absolute Gasteiger partial charge is 0.381 e. The molecule has 0 bridgehead atoms. The molecule has 3 aromatic carbocycles. The van der Waals surface area contributed by atoms with Gasteiger partial charge in [0, 0.05) is 12.4 Å². The van der Waals surface area contributed by atoms with Gasteiger partial charge >= 0.3 is 0 Å². The second-order valence-electron chi connectivity index (χ2n) is 9.27. The minimum Gasteiger partial charge on any atom is -0.381 e. The summed E-state index contributed by atoms with van der Waals surface area (Å²) in [5.74, 6) is -0.0263. The average Bonchev–Trinajstić information content (AvgIpc) is 3.32. The van der Waals surface area contributed by atoms with E-state index in [-0.39, 0.29) is 16.9 Å². The Hall–Kier alpha value is -5.57. The monoisotopic (exact) mass is 527 g/mol. The molecule has 0 aliphatic carbocycles. The zero-order valence-corrected chi connectivity index (χ0v) is 21.6. The molecule has 40 heavy (non-hydrogen) atoms. The summed E-state index contributed by atoms with van der Waals surface area (Å²) in [6.07, 6.45) is 7.12. The Kier molecular flexibility index (Phi) is 6.37. The van der Waals surface area contributed by atoms with Crippen molar-refractivity contribution in [2.75, 3.05) is 5.73 Å². The van der Waals surface area contributed by atoms with Crippen LogP contribution in [0.1, 0.15) is 40.3 Å². The summed E-state index contributed by atoms with van der Waals surface area (Å²) in [7, 11) is 0. The zero-order valence-electron chi connectivity index (χ0n) is 21.6. The van der Waals surface area contributed by atoms with Crippen LogP contribution in [0, 0.1) is 0 Å². The number of anilines is 1. The number of rotatable bonds is 6. The van der Waals surface area contributed by atoms with Crippen molar-refractivity contribution in [3.63, 3.8) is 0 Å². The van der Waals surface area contributed by atoms with Crippen LogP contribution in [-0.4, -0.2) is 30.1 Å². The maximum atomic E-state index is 14.2. The fourth-order valence-electron chi connectivity index (χ4n) is 4.73. The minimum atomic E-state index is -0.661. The Morgan fingerprint density at radius 2 is 1.70 bits per heavy atom. The molecule has 9 nitrogen and oxygen atoms in total. The van der Waals surface area contributed by atoms with Crippen molar-refractivity contribution in [2.45, 2.75) is 13.0 Å². The van der Waals surface area contributed by atoms with Crippen molar-refractivity contribution >= 4 is 40.4 Å². The van der Waals surface area contributed by atoms with Crippen LogP contribution < -0.4 is 16.6 Å². The standard InChI is InChI=1S/C31H25N7O2/c1-20(34-30(39)26-27(32)36-37-19-9-18-33-29(26)37)28-35-24-15-8-12-22(17-16-21-10-4-2-5-11-21)25(24)31(40)38(28)23-13-6-3-7-14-23/h2-20H,1H3,(H2,32,36)(H,34,39)/b17-16+/t20-/m1/s1. The van der Waals surface area contributed by atoms with Gasteiger partial charge in [0.05, 0.1) is 22.6 Å². The topological polar surface area (TPSA) is 120 Å². The number of nitrogens with two attached hydrogens (primary N) is 1. The van der Waals surface area contributed by atoms with E-state index >= 15 is 0 Å². The van der Waals surface area contributed by atoms with Crippen LogP contribution in [0.3, 0.4) is 0 Å². The summed E-state index contributed by atoms with van der Waals surface area (Å²) in [5.41, 5.74) is 9.26. The van der Waals surface area contributed by atoms with Crippen molar-refractivity contribution in [3.05, 3.63) is 130 Å². The molecule has 0 fully saturated rings. The third-order valence-corrected chi connectivity index (χ3v) is 6.61. The van der Waals surface area contributed by atoms with Gasteiger partial charge in [0.2, 0.25) is 0 Å². The van der Waals surface area contributed by atoms with Crippen molar-refractivity contribution in [3.8, 4) is 5.69 Å². The summed E-state index contributed by atoms with van der Waals surface area (Å²) in [6.45, 7) is 1.78. The van der Waals surface area contributed by atoms with Gasteiger partial charge in [-0.3, -0.25) is 14.2 Å². The Balaban J connectivity index is 1.47. The Bertz CT molecular complexity index is 1940. The molecular weight excluding hydrogens is 502 g/mol. The van der Waals surface area contributed by atoms with Gasteiger partial charge in [-0.15, -0.1) is 5.10 Å². The van der Waals surface area contributed by atoms with E-state index in [1.807, 2.05) is 84.9 Å². The average molecular weight is 528 g/mol. The lowest BCUT2D eigenvalue weighted by Crippen LogP contribution is -2.33. The van der Waals surface area contributed by atoms with Crippen LogP contribution in [0.4, 0.5) is 5.82 Å². The minimum absolute atomic E-state index is 0.0603. The van der Waals surface area contributed by atoms with Crippen LogP contribution in [-0.2, 0) is 0 Å². The highest BCUT2D eigenvalue weighted by atomic mass is 16.2. The fraction of sp³-hybridized carbons (Fsp3) is 0.0645. The molecule has 1 amide bonds. The first kappa shape index (κ1) is 24.7. The smallest absolute Gasteiger partial charge is 0.266 e. The predicted octanol–water partition coefficient (Wildman–Crippen LogP) is 4.67. The summed E-state index contributed by atoms with van der Waals surface area (Å²) in [4.78, 5) is 36.7. The van der Waals surface area contributed by atoms with E-state index in [9.17, 15) is 9.59 Å². The van der Waals surface area contributed by atoms with Gasteiger partial charge in [0.15, 0.2) is 11.5 Å². The van der Waals surface area contributed by atoms with Crippen molar-refractivity contribution in [1.82, 2.24) is 29.5 Å². The summed E-state index contributed by atoms with van der Waals surface area (Å²) >= 11 is 0. The van der Waals surface area contributed by atoms with E-state index in [0.29, 0.717) is 28.1 Å². The van der Waals surface area contributed by atoms with Crippen LogP contribution >= 0.6 is 0 Å². The van der Waals surface area contributed by atoms with Crippen molar-refractivity contribution in [2.24, 2.45) is 0 Å². The van der Waals surface area contributed by atoms with Gasteiger partial charge in [-0.1, -0.05) is 72.8 Å². The van der Waals surface area contributed by atoms with E-state index in [2.05, 4.69) is 15.4 Å². The predicted molar refractivity (Wildman–Crippen MR) is 156 cm³/mol. The number of amides is 1. The van der Waals surface area contributed by atoms with E-state index < -0.39 is 11.9 Å². The molecule has 3 aromatic heterocycles. The van der Waals surface area contributed by atoms with E-state index in [0.717, 1.165) is 11.1 Å². The first-order valence-corrected chi connectivity index (χ1v) is 12.7. The number of hydrogen-bond donors (Lipinski definition) is 2. The fourth-order valence-corrected chi connectivity index (χ4v) is 4.73. The molecule has 0 unspecified atom stereocenters. The molecule has 0 aliphatic heterocycles. The molecule has 1 atom stereocenters. The maximum absolute atomic E-state index is 14.2. The second kappa shape index (κ2) is 10.3. The van der Waals surface area contributed by atoms with Crippen molar-refractivity contribution < 1.29 is 4.79 Å². The van der Waals surface area contributed by atoms with Crippen LogP contribution in [0.2, 0.25) is 0 Å². The molecule has 0 saturated heterocycles. The molecule has 0 saturated carbocycles. The number of para-hydroxylation sites is 1. The molecule has 196 valence electrons. The number of aromatic nitrogens is 5. The van der Waals surface area contributed by atoms with Gasteiger partial charge < -0.3 is 11.1 Å². The van der Waals surface area contributed by atoms with Crippen LogP contribution in [0.15, 0.2) is 102 Å². The summed E-state index contributed by atoms with van der Waals surface area (Å²) in [5, 5.41) is 7.61. The lowest BCUT2D eigenvalue weighted by Gasteiger charge is -2.20. The highest BCUT2D eigenvalue weighted by Gasteiger charge is 2.24. The van der Waals surface area contributed by atoms with Gasteiger partial charge in [-0.25, -0.2) is 14.5 Å². The molecular formula is C31H25N7O2. The number of nitrogens with one attached hydrogen (secondary N) is 1. The first-order valence-electron chi connectivity index (χ1n) is 12.7. The molecule has 0 radical (unpaired) electrons. The summed E-state index contributed by atoms with van der Waals surface area (Å²) in [6, 6.07) is 25.7. The van der Waals surface area contributed by atoms with Gasteiger partial charge in [0.25, 0.3) is 11.5 Å². The van der Waals surface area contributed by atoms with Gasteiger partial charge in [0.1, 0.15) is 11.4 Å². The third-order valence-electron chi connectivity index (χ3n) is 6.61. The first-order chi connectivity index (χ1) is 19.5. The number of fused-ring (bicyclic) bond motifs is 2. The highest BCUT2D eigenvalue weighted by Crippen LogP contribution is 2.23. The molecule has 9 heteroatoms. The number of nitrogens with zero attached hydrogens (tertiary/aromatic N) is 5. The van der Waals surface area contributed by atoms with E-state index in [1.165, 1.54) is 4.52 Å². The Morgan fingerprint density at radius 3 is 2.48 bits per heavy atom. The zero-order chi connectivity index (χ0) is 27.6. The van der Waals surface area contributed by atoms with Crippen molar-refractivity contribution in [1.29, 1.82) is 0 Å². The maximum Gasteiger partial charge on any atom is 0.266 e. The lowest BCUT2D eigenvalue weighted by molar-refractivity contribution is 0.0940. The quantitative estimate of drug-likeness (QED) is 0.304. The molecule has 0 aliphatic rings. The number of benzene rings is 3. The van der Waals surface area contributed by atoms with Gasteiger partial charge in [-0.05, 0) is 42.3 Å². The molecule has 3 heterocycles. The SMILES string of the molecule is C[C@@H](NC(=O)c1c(N)nn2cccnc12)c1nc2cccc(/C=C/c3ccccc3)c2c(=O)n1-c1ccccc1.